The lowest BCUT2D eigenvalue weighted by Crippen LogP contribution is -2.23. The molecule has 2 fully saturated rings. The first-order valence-corrected chi connectivity index (χ1v) is 6.96. The summed E-state index contributed by atoms with van der Waals surface area (Å²) >= 11 is 0. The number of epoxide rings is 1. The zero-order valence-electron chi connectivity index (χ0n) is 11.8. The Hall–Kier alpha value is -1.49. The molecule has 0 radical (unpaired) electrons. The van der Waals surface area contributed by atoms with Crippen molar-refractivity contribution in [1.82, 2.24) is 0 Å². The Morgan fingerprint density at radius 2 is 1.65 bits per heavy atom. The summed E-state index contributed by atoms with van der Waals surface area (Å²) in [7, 11) is 0. The van der Waals surface area contributed by atoms with E-state index in [-0.39, 0.29) is 17.6 Å². The van der Waals surface area contributed by atoms with Crippen LogP contribution in [0.15, 0.2) is 11.6 Å². The highest BCUT2D eigenvalue weighted by atomic mass is 16.6. The van der Waals surface area contributed by atoms with E-state index in [2.05, 4.69) is 0 Å². The van der Waals surface area contributed by atoms with Crippen LogP contribution < -0.4 is 0 Å². The van der Waals surface area contributed by atoms with Gasteiger partial charge >= 0.3 is 5.97 Å². The Kier molecular flexibility index (Phi) is 4.09. The molecule has 1 saturated carbocycles. The predicted octanol–water partition coefficient (Wildman–Crippen LogP) is 1.75. The molecule has 2 aliphatic rings. The first-order valence-electron chi connectivity index (χ1n) is 6.96. The third-order valence-corrected chi connectivity index (χ3v) is 4.25. The number of carbonyl (C=O) groups excluding carboxylic acids is 2. The zero-order chi connectivity index (χ0) is 14.9. The van der Waals surface area contributed by atoms with Crippen molar-refractivity contribution in [3.8, 4) is 0 Å². The average Bonchev–Trinajstić information content (AvgIpc) is 3.05. The summed E-state index contributed by atoms with van der Waals surface area (Å²) in [5.41, 5.74) is 0.0490. The summed E-state index contributed by atoms with van der Waals surface area (Å²) in [6, 6.07) is 0. The molecule has 0 aromatic heterocycles. The van der Waals surface area contributed by atoms with E-state index in [1.807, 2.05) is 13.8 Å². The van der Waals surface area contributed by atoms with Crippen LogP contribution in [0.2, 0.25) is 0 Å². The third kappa shape index (κ3) is 3.15. The molecule has 0 bridgehead atoms. The van der Waals surface area contributed by atoms with Gasteiger partial charge in [-0.2, -0.15) is 0 Å². The SMILES string of the molecule is CC1(C)OC1C(=O)/C=C(\C=O)C1CCC(C(=O)O)CC1. The molecule has 1 aliphatic heterocycles. The van der Waals surface area contributed by atoms with Crippen molar-refractivity contribution in [2.45, 2.75) is 51.2 Å². The average molecular weight is 280 g/mol. The summed E-state index contributed by atoms with van der Waals surface area (Å²) in [5.74, 6) is -1.27. The molecule has 0 aromatic rings. The lowest BCUT2D eigenvalue weighted by Gasteiger charge is -2.26. The summed E-state index contributed by atoms with van der Waals surface area (Å²) in [6.07, 6.45) is 4.06. The maximum atomic E-state index is 12.0. The van der Waals surface area contributed by atoms with E-state index in [1.54, 1.807) is 0 Å². The van der Waals surface area contributed by atoms with Crippen LogP contribution in [0.1, 0.15) is 39.5 Å². The van der Waals surface area contributed by atoms with Crippen LogP contribution in [0.4, 0.5) is 0 Å². The number of carboxylic acids is 1. The quantitative estimate of drug-likeness (QED) is 0.471. The molecule has 1 N–H and O–H groups in total. The maximum Gasteiger partial charge on any atom is 0.306 e. The number of carbonyl (C=O) groups is 3. The van der Waals surface area contributed by atoms with Gasteiger partial charge in [0, 0.05) is 0 Å². The molecule has 1 unspecified atom stereocenters. The number of rotatable bonds is 5. The molecule has 1 heterocycles. The molecule has 1 aliphatic carbocycles. The Balaban J connectivity index is 1.97. The van der Waals surface area contributed by atoms with Crippen molar-refractivity contribution in [1.29, 1.82) is 0 Å². The normalized spacial score (nSPS) is 32.5. The van der Waals surface area contributed by atoms with Gasteiger partial charge in [-0.3, -0.25) is 14.4 Å². The molecule has 0 amide bonds. The van der Waals surface area contributed by atoms with Gasteiger partial charge in [0.05, 0.1) is 11.5 Å². The smallest absolute Gasteiger partial charge is 0.306 e. The van der Waals surface area contributed by atoms with Crippen molar-refractivity contribution < 1.29 is 24.2 Å². The van der Waals surface area contributed by atoms with Gasteiger partial charge < -0.3 is 9.84 Å². The molecule has 5 heteroatoms. The molecule has 110 valence electrons. The first kappa shape index (κ1) is 14.9. The molecule has 2 rings (SSSR count). The Morgan fingerprint density at radius 1 is 1.15 bits per heavy atom. The molecule has 5 nitrogen and oxygen atoms in total. The van der Waals surface area contributed by atoms with E-state index in [1.165, 1.54) is 6.08 Å². The highest BCUT2D eigenvalue weighted by molar-refractivity contribution is 6.00. The minimum atomic E-state index is -0.774. The van der Waals surface area contributed by atoms with Crippen molar-refractivity contribution in [3.63, 3.8) is 0 Å². The summed E-state index contributed by atoms with van der Waals surface area (Å²) in [4.78, 5) is 34.0. The van der Waals surface area contributed by atoms with E-state index >= 15 is 0 Å². The van der Waals surface area contributed by atoms with Crippen LogP contribution >= 0.6 is 0 Å². The summed E-state index contributed by atoms with van der Waals surface area (Å²) in [6.45, 7) is 3.67. The van der Waals surface area contributed by atoms with Crippen molar-refractivity contribution in [3.05, 3.63) is 11.6 Å². The number of carboxylic acid groups (broad SMARTS) is 1. The van der Waals surface area contributed by atoms with Gasteiger partial charge in [0.2, 0.25) is 0 Å². The summed E-state index contributed by atoms with van der Waals surface area (Å²) < 4.78 is 5.26. The van der Waals surface area contributed by atoms with Gasteiger partial charge in [0.1, 0.15) is 12.4 Å². The van der Waals surface area contributed by atoms with E-state index in [0.29, 0.717) is 31.3 Å². The van der Waals surface area contributed by atoms with Crippen LogP contribution in [0, 0.1) is 11.8 Å². The van der Waals surface area contributed by atoms with E-state index < -0.39 is 17.7 Å². The fourth-order valence-corrected chi connectivity index (χ4v) is 2.83. The largest absolute Gasteiger partial charge is 0.481 e. The highest BCUT2D eigenvalue weighted by Gasteiger charge is 2.52. The van der Waals surface area contributed by atoms with Crippen LogP contribution in [0.25, 0.3) is 0 Å². The second-order valence-electron chi connectivity index (χ2n) is 6.15. The molecule has 0 aromatic carbocycles. The number of ketones is 1. The molecule has 1 atom stereocenters. The van der Waals surface area contributed by atoms with Gasteiger partial charge in [0.25, 0.3) is 0 Å². The third-order valence-electron chi connectivity index (χ3n) is 4.25. The molecule has 0 spiro atoms. The lowest BCUT2D eigenvalue weighted by molar-refractivity contribution is -0.143. The number of aliphatic carboxylic acids is 1. The van der Waals surface area contributed by atoms with E-state index in [9.17, 15) is 14.4 Å². The van der Waals surface area contributed by atoms with E-state index in [0.717, 1.165) is 6.29 Å². The Bertz CT molecular complexity index is 455. The fourth-order valence-electron chi connectivity index (χ4n) is 2.83. The second kappa shape index (κ2) is 5.48. The van der Waals surface area contributed by atoms with Gasteiger partial charge in [-0.15, -0.1) is 0 Å². The Labute approximate surface area is 118 Å². The topological polar surface area (TPSA) is 84.0 Å². The van der Waals surface area contributed by atoms with Crippen LogP contribution in [-0.2, 0) is 19.1 Å². The lowest BCUT2D eigenvalue weighted by atomic mass is 9.78. The van der Waals surface area contributed by atoms with Gasteiger partial charge in [-0.05, 0) is 57.1 Å². The summed E-state index contributed by atoms with van der Waals surface area (Å²) in [5, 5.41) is 8.95. The molecule has 20 heavy (non-hydrogen) atoms. The highest BCUT2D eigenvalue weighted by Crippen LogP contribution is 2.37. The number of aldehydes is 1. The maximum absolute atomic E-state index is 12.0. The zero-order valence-corrected chi connectivity index (χ0v) is 11.8. The van der Waals surface area contributed by atoms with Crippen LogP contribution in [0.3, 0.4) is 0 Å². The monoisotopic (exact) mass is 280 g/mol. The minimum Gasteiger partial charge on any atom is -0.481 e. The number of hydrogen-bond donors (Lipinski definition) is 1. The fraction of sp³-hybridized carbons (Fsp3) is 0.667. The number of hydrogen-bond acceptors (Lipinski definition) is 4. The number of ether oxygens (including phenoxy) is 1. The molecular weight excluding hydrogens is 260 g/mol. The van der Waals surface area contributed by atoms with Crippen molar-refractivity contribution in [2.24, 2.45) is 11.8 Å². The first-order chi connectivity index (χ1) is 9.35. The van der Waals surface area contributed by atoms with Crippen molar-refractivity contribution >= 4 is 18.0 Å². The molecular formula is C15H20O5. The van der Waals surface area contributed by atoms with Crippen LogP contribution in [0.5, 0.6) is 0 Å². The van der Waals surface area contributed by atoms with Crippen LogP contribution in [-0.4, -0.2) is 34.9 Å². The van der Waals surface area contributed by atoms with Gasteiger partial charge in [-0.25, -0.2) is 0 Å². The minimum absolute atomic E-state index is 0.00564. The Morgan fingerprint density at radius 3 is 2.05 bits per heavy atom. The van der Waals surface area contributed by atoms with Gasteiger partial charge in [0.15, 0.2) is 5.78 Å². The van der Waals surface area contributed by atoms with Gasteiger partial charge in [-0.1, -0.05) is 0 Å². The predicted molar refractivity (Wildman–Crippen MR) is 71.2 cm³/mol. The second-order valence-corrected chi connectivity index (χ2v) is 6.15. The standard InChI is InChI=1S/C15H20O5/c1-15(2)13(20-15)12(17)7-11(8-16)9-3-5-10(6-4-9)14(18)19/h7-10,13H,3-6H2,1-2H3,(H,18,19)/b11-7+. The number of allylic oxidation sites excluding steroid dienone is 1. The molecule has 1 saturated heterocycles. The van der Waals surface area contributed by atoms with Crippen molar-refractivity contribution in [2.75, 3.05) is 0 Å². The van der Waals surface area contributed by atoms with E-state index in [4.69, 9.17) is 9.84 Å².